The number of amides is 3. The number of hydrogen-bond donors (Lipinski definition) is 2. The molecular formula is C25H26FN3O4. The number of nitrogens with one attached hydrogen (secondary N) is 2. The van der Waals surface area contributed by atoms with Gasteiger partial charge in [0.05, 0.1) is 12.1 Å². The van der Waals surface area contributed by atoms with Crippen molar-refractivity contribution in [1.29, 1.82) is 0 Å². The molecule has 0 radical (unpaired) electrons. The van der Waals surface area contributed by atoms with Gasteiger partial charge in [-0.2, -0.15) is 0 Å². The standard InChI is InChI=1S/C25H26FN3O4/c26-18-7-10-22-21(14-18)25(32)28-16-20-9-8-19(15-23(30)27-12-13-33-22)29(20)24(31)11-6-17-4-2-1-3-5-17/h1-7,10-11,14,19-20H,8-9,12-13,15-16H2,(H,27,30)(H,28,32)/b11-6+/t19-,20+/m0/s1. The van der Waals surface area contributed by atoms with Gasteiger partial charge in [-0.25, -0.2) is 4.39 Å². The third kappa shape index (κ3) is 5.58. The molecule has 0 aromatic heterocycles. The highest BCUT2D eigenvalue weighted by atomic mass is 19.1. The zero-order valence-corrected chi connectivity index (χ0v) is 18.1. The fraction of sp³-hybridized carbons (Fsp3) is 0.320. The van der Waals surface area contributed by atoms with Crippen LogP contribution in [0.1, 0.15) is 35.2 Å². The summed E-state index contributed by atoms with van der Waals surface area (Å²) in [6, 6.07) is 12.7. The number of benzene rings is 2. The smallest absolute Gasteiger partial charge is 0.255 e. The Hall–Kier alpha value is -3.68. The Labute approximate surface area is 191 Å². The molecule has 4 rings (SSSR count). The normalized spacial score (nSPS) is 21.5. The number of carbonyl (C=O) groups excluding carboxylic acids is 3. The van der Waals surface area contributed by atoms with Crippen molar-refractivity contribution in [2.75, 3.05) is 19.7 Å². The molecule has 2 N–H and O–H groups in total. The third-order valence-electron chi connectivity index (χ3n) is 5.88. The molecule has 2 aliphatic heterocycles. The molecule has 2 aromatic rings. The molecule has 1 saturated heterocycles. The van der Waals surface area contributed by atoms with Gasteiger partial charge in [0.25, 0.3) is 5.91 Å². The van der Waals surface area contributed by atoms with E-state index in [2.05, 4.69) is 10.6 Å². The highest BCUT2D eigenvalue weighted by molar-refractivity contribution is 5.97. The van der Waals surface area contributed by atoms with E-state index in [1.807, 2.05) is 30.3 Å². The summed E-state index contributed by atoms with van der Waals surface area (Å²) >= 11 is 0. The van der Waals surface area contributed by atoms with Crippen LogP contribution in [-0.2, 0) is 9.59 Å². The Morgan fingerprint density at radius 2 is 1.85 bits per heavy atom. The van der Waals surface area contributed by atoms with E-state index in [1.54, 1.807) is 11.0 Å². The van der Waals surface area contributed by atoms with Crippen molar-refractivity contribution in [3.63, 3.8) is 0 Å². The zero-order valence-electron chi connectivity index (χ0n) is 18.1. The molecular weight excluding hydrogens is 425 g/mol. The Morgan fingerprint density at radius 1 is 1.06 bits per heavy atom. The lowest BCUT2D eigenvalue weighted by Gasteiger charge is -2.30. The fourth-order valence-electron chi connectivity index (χ4n) is 4.29. The van der Waals surface area contributed by atoms with Crippen molar-refractivity contribution in [3.8, 4) is 5.75 Å². The lowest BCUT2D eigenvalue weighted by Crippen LogP contribution is -2.47. The number of carbonyl (C=O) groups is 3. The Bertz CT molecular complexity index is 1060. The lowest BCUT2D eigenvalue weighted by molar-refractivity contribution is -0.130. The summed E-state index contributed by atoms with van der Waals surface area (Å²) in [6.07, 6.45) is 4.72. The summed E-state index contributed by atoms with van der Waals surface area (Å²) in [6.45, 7) is 0.556. The summed E-state index contributed by atoms with van der Waals surface area (Å²) in [5, 5.41) is 5.61. The van der Waals surface area contributed by atoms with Crippen molar-refractivity contribution in [2.45, 2.75) is 31.3 Å². The molecule has 0 aliphatic carbocycles. The molecule has 2 aromatic carbocycles. The van der Waals surface area contributed by atoms with Gasteiger partial charge in [-0.05, 0) is 42.7 Å². The molecule has 1 fully saturated rings. The first kappa shape index (κ1) is 22.5. The van der Waals surface area contributed by atoms with Crippen LogP contribution in [0.5, 0.6) is 5.75 Å². The topological polar surface area (TPSA) is 87.7 Å². The van der Waals surface area contributed by atoms with Gasteiger partial charge in [0.15, 0.2) is 0 Å². The molecule has 0 spiro atoms. The number of fused-ring (bicyclic) bond motifs is 3. The largest absolute Gasteiger partial charge is 0.491 e. The number of hydrogen-bond acceptors (Lipinski definition) is 4. The van der Waals surface area contributed by atoms with Gasteiger partial charge in [0, 0.05) is 31.1 Å². The summed E-state index contributed by atoms with van der Waals surface area (Å²) in [7, 11) is 0. The minimum absolute atomic E-state index is 0.0785. The van der Waals surface area contributed by atoms with Gasteiger partial charge in [-0.1, -0.05) is 30.3 Å². The molecule has 8 heteroatoms. The maximum absolute atomic E-state index is 13.8. The molecule has 172 valence electrons. The monoisotopic (exact) mass is 451 g/mol. The van der Waals surface area contributed by atoms with Crippen LogP contribution in [0.15, 0.2) is 54.6 Å². The van der Waals surface area contributed by atoms with E-state index in [0.717, 1.165) is 11.6 Å². The maximum Gasteiger partial charge on any atom is 0.255 e. The molecule has 3 amide bonds. The molecule has 0 unspecified atom stereocenters. The van der Waals surface area contributed by atoms with Crippen LogP contribution >= 0.6 is 0 Å². The van der Waals surface area contributed by atoms with Crippen LogP contribution in [0.3, 0.4) is 0 Å². The third-order valence-corrected chi connectivity index (χ3v) is 5.88. The Morgan fingerprint density at radius 3 is 2.67 bits per heavy atom. The van der Waals surface area contributed by atoms with Crippen molar-refractivity contribution >= 4 is 23.8 Å². The lowest BCUT2D eigenvalue weighted by atomic mass is 10.1. The average molecular weight is 451 g/mol. The minimum Gasteiger partial charge on any atom is -0.491 e. The van der Waals surface area contributed by atoms with Gasteiger partial charge < -0.3 is 20.3 Å². The summed E-state index contributed by atoms with van der Waals surface area (Å²) < 4.78 is 19.4. The fourth-order valence-corrected chi connectivity index (χ4v) is 4.29. The van der Waals surface area contributed by atoms with Crippen LogP contribution in [0.2, 0.25) is 0 Å². The second-order valence-corrected chi connectivity index (χ2v) is 8.13. The van der Waals surface area contributed by atoms with Crippen LogP contribution in [0.4, 0.5) is 4.39 Å². The van der Waals surface area contributed by atoms with E-state index in [-0.39, 0.29) is 61.3 Å². The molecule has 2 atom stereocenters. The molecule has 2 aliphatic rings. The number of rotatable bonds is 2. The number of halogens is 1. The number of nitrogens with zero attached hydrogens (tertiary/aromatic N) is 1. The van der Waals surface area contributed by atoms with Crippen LogP contribution < -0.4 is 15.4 Å². The van der Waals surface area contributed by atoms with Crippen molar-refractivity contribution in [1.82, 2.24) is 15.5 Å². The van der Waals surface area contributed by atoms with Crippen LogP contribution in [0, 0.1) is 5.82 Å². The average Bonchev–Trinajstić information content (AvgIpc) is 3.21. The maximum atomic E-state index is 13.8. The number of ether oxygens (including phenoxy) is 1. The van der Waals surface area contributed by atoms with Gasteiger partial charge in [0.2, 0.25) is 11.8 Å². The molecule has 2 bridgehead atoms. The van der Waals surface area contributed by atoms with E-state index >= 15 is 0 Å². The van der Waals surface area contributed by atoms with Gasteiger partial charge in [-0.3, -0.25) is 14.4 Å². The predicted molar refractivity (Wildman–Crippen MR) is 121 cm³/mol. The SMILES string of the molecule is O=C1C[C@@H]2CC[C@H](CNC(=O)c3cc(F)ccc3OCCN1)N2C(=O)/C=C/c1ccccc1. The predicted octanol–water partition coefficient (Wildman–Crippen LogP) is 2.53. The second kappa shape index (κ2) is 10.3. The van der Waals surface area contributed by atoms with E-state index in [9.17, 15) is 18.8 Å². The van der Waals surface area contributed by atoms with Crippen LogP contribution in [0.25, 0.3) is 6.08 Å². The Kier molecular flexibility index (Phi) is 7.02. The zero-order chi connectivity index (χ0) is 23.2. The summed E-state index contributed by atoms with van der Waals surface area (Å²) in [5.74, 6) is -1.17. The molecule has 33 heavy (non-hydrogen) atoms. The first-order chi connectivity index (χ1) is 16.0. The van der Waals surface area contributed by atoms with Crippen molar-refractivity contribution in [2.24, 2.45) is 0 Å². The van der Waals surface area contributed by atoms with E-state index in [0.29, 0.717) is 12.8 Å². The van der Waals surface area contributed by atoms with Gasteiger partial charge in [-0.15, -0.1) is 0 Å². The summed E-state index contributed by atoms with van der Waals surface area (Å²) in [4.78, 5) is 40.1. The van der Waals surface area contributed by atoms with E-state index < -0.39 is 11.7 Å². The minimum atomic E-state index is -0.550. The van der Waals surface area contributed by atoms with E-state index in [4.69, 9.17) is 4.74 Å². The highest BCUT2D eigenvalue weighted by Gasteiger charge is 2.37. The van der Waals surface area contributed by atoms with Gasteiger partial charge in [0.1, 0.15) is 18.2 Å². The summed E-state index contributed by atoms with van der Waals surface area (Å²) in [5.41, 5.74) is 0.972. The first-order valence-electron chi connectivity index (χ1n) is 11.0. The first-order valence-corrected chi connectivity index (χ1v) is 11.0. The second-order valence-electron chi connectivity index (χ2n) is 8.13. The molecule has 7 nitrogen and oxygen atoms in total. The van der Waals surface area contributed by atoms with Crippen molar-refractivity contribution in [3.05, 3.63) is 71.6 Å². The molecule has 2 heterocycles. The van der Waals surface area contributed by atoms with E-state index in [1.165, 1.54) is 18.2 Å². The quantitative estimate of drug-likeness (QED) is 0.687. The van der Waals surface area contributed by atoms with Crippen LogP contribution in [-0.4, -0.2) is 54.4 Å². The van der Waals surface area contributed by atoms with Crippen molar-refractivity contribution < 1.29 is 23.5 Å². The molecule has 0 saturated carbocycles. The highest BCUT2D eigenvalue weighted by Crippen LogP contribution is 2.27. The Balaban J connectivity index is 1.57. The van der Waals surface area contributed by atoms with Gasteiger partial charge >= 0.3 is 0 Å².